The standard InChI is InChI=1S/C14H23NO4S2/c1-4-10-15-12(5-2)11-21(18,19)14-8-6-13(7-9-14)20(3,16)17/h6-9,12,15H,4-5,10-11H2,1-3H3. The fraction of sp³-hybridized carbons (Fsp3) is 0.571. The first kappa shape index (κ1) is 18.1. The van der Waals surface area contributed by atoms with Crippen LogP contribution < -0.4 is 5.32 Å². The summed E-state index contributed by atoms with van der Waals surface area (Å²) in [6.07, 6.45) is 2.76. The van der Waals surface area contributed by atoms with Crippen LogP contribution in [0.2, 0.25) is 0 Å². The molecular formula is C14H23NO4S2. The molecule has 0 fully saturated rings. The van der Waals surface area contributed by atoms with Crippen molar-refractivity contribution in [2.24, 2.45) is 0 Å². The summed E-state index contributed by atoms with van der Waals surface area (Å²) in [6, 6.07) is 5.30. The Bertz CT molecular complexity index is 649. The zero-order chi connectivity index (χ0) is 16.1. The second kappa shape index (κ2) is 7.38. The minimum atomic E-state index is -3.42. The molecule has 1 atom stereocenters. The van der Waals surface area contributed by atoms with Gasteiger partial charge < -0.3 is 5.32 Å². The van der Waals surface area contributed by atoms with Crippen molar-refractivity contribution in [2.45, 2.75) is 42.5 Å². The van der Waals surface area contributed by atoms with E-state index in [0.29, 0.717) is 0 Å². The van der Waals surface area contributed by atoms with Crippen LogP contribution in [0, 0.1) is 0 Å². The van der Waals surface area contributed by atoms with Crippen LogP contribution in [0.25, 0.3) is 0 Å². The summed E-state index contributed by atoms with van der Waals surface area (Å²) in [5.41, 5.74) is 0. The normalized spacial score (nSPS) is 14.0. The number of hydrogen-bond donors (Lipinski definition) is 1. The summed E-state index contributed by atoms with van der Waals surface area (Å²) in [6.45, 7) is 4.74. The zero-order valence-electron chi connectivity index (χ0n) is 12.7. The quantitative estimate of drug-likeness (QED) is 0.782. The molecule has 1 N–H and O–H groups in total. The molecule has 1 unspecified atom stereocenters. The highest BCUT2D eigenvalue weighted by Crippen LogP contribution is 2.16. The Morgan fingerprint density at radius 3 is 1.95 bits per heavy atom. The molecule has 0 bridgehead atoms. The van der Waals surface area contributed by atoms with Gasteiger partial charge in [-0.2, -0.15) is 0 Å². The van der Waals surface area contributed by atoms with Gasteiger partial charge in [0, 0.05) is 12.3 Å². The lowest BCUT2D eigenvalue weighted by Crippen LogP contribution is -2.35. The monoisotopic (exact) mass is 333 g/mol. The van der Waals surface area contributed by atoms with Crippen LogP contribution in [0.15, 0.2) is 34.1 Å². The summed E-state index contributed by atoms with van der Waals surface area (Å²) < 4.78 is 47.4. The van der Waals surface area contributed by atoms with Gasteiger partial charge in [-0.25, -0.2) is 16.8 Å². The Morgan fingerprint density at radius 1 is 1.00 bits per heavy atom. The highest BCUT2D eigenvalue weighted by atomic mass is 32.2. The van der Waals surface area contributed by atoms with Gasteiger partial charge in [-0.3, -0.25) is 0 Å². The molecule has 7 heteroatoms. The van der Waals surface area contributed by atoms with Gasteiger partial charge in [0.2, 0.25) is 0 Å². The first-order valence-electron chi connectivity index (χ1n) is 6.97. The van der Waals surface area contributed by atoms with Gasteiger partial charge in [-0.05, 0) is 43.7 Å². The Labute approximate surface area is 127 Å². The molecule has 120 valence electrons. The van der Waals surface area contributed by atoms with Crippen molar-refractivity contribution in [1.82, 2.24) is 5.32 Å². The van der Waals surface area contributed by atoms with Crippen LogP contribution in [0.5, 0.6) is 0 Å². The van der Waals surface area contributed by atoms with Gasteiger partial charge >= 0.3 is 0 Å². The predicted molar refractivity (Wildman–Crippen MR) is 84.0 cm³/mol. The van der Waals surface area contributed by atoms with Gasteiger partial charge in [0.05, 0.1) is 15.5 Å². The van der Waals surface area contributed by atoms with Crippen molar-refractivity contribution in [1.29, 1.82) is 0 Å². The Hall–Kier alpha value is -0.920. The molecule has 0 saturated carbocycles. The minimum Gasteiger partial charge on any atom is -0.313 e. The maximum atomic E-state index is 12.3. The van der Waals surface area contributed by atoms with E-state index < -0.39 is 19.7 Å². The van der Waals surface area contributed by atoms with Gasteiger partial charge in [-0.1, -0.05) is 13.8 Å². The van der Waals surface area contributed by atoms with Crippen LogP contribution in [-0.2, 0) is 19.7 Å². The minimum absolute atomic E-state index is 0.0156. The predicted octanol–water partition coefficient (Wildman–Crippen LogP) is 1.64. The maximum absolute atomic E-state index is 12.3. The zero-order valence-corrected chi connectivity index (χ0v) is 14.3. The number of hydrogen-bond acceptors (Lipinski definition) is 5. The second-order valence-corrected chi connectivity index (χ2v) is 9.13. The third kappa shape index (κ3) is 5.41. The number of benzene rings is 1. The van der Waals surface area contributed by atoms with Gasteiger partial charge in [-0.15, -0.1) is 0 Å². The molecule has 0 aliphatic heterocycles. The van der Waals surface area contributed by atoms with Crippen LogP contribution in [0.4, 0.5) is 0 Å². The topological polar surface area (TPSA) is 80.3 Å². The average molecular weight is 333 g/mol. The molecule has 1 aromatic rings. The van der Waals surface area contributed by atoms with Crippen LogP contribution >= 0.6 is 0 Å². The van der Waals surface area contributed by atoms with Crippen LogP contribution in [0.3, 0.4) is 0 Å². The molecule has 5 nitrogen and oxygen atoms in total. The third-order valence-corrected chi connectivity index (χ3v) is 6.17. The molecular weight excluding hydrogens is 310 g/mol. The van der Waals surface area contributed by atoms with E-state index in [1.807, 2.05) is 13.8 Å². The molecule has 21 heavy (non-hydrogen) atoms. The summed E-state index contributed by atoms with van der Waals surface area (Å²) in [5, 5.41) is 3.21. The van der Waals surface area contributed by atoms with Crippen LogP contribution in [0.1, 0.15) is 26.7 Å². The largest absolute Gasteiger partial charge is 0.313 e. The molecule has 0 aromatic heterocycles. The summed E-state index contributed by atoms with van der Waals surface area (Å²) >= 11 is 0. The maximum Gasteiger partial charge on any atom is 0.179 e. The third-order valence-electron chi connectivity index (χ3n) is 3.21. The van der Waals surface area contributed by atoms with Crippen LogP contribution in [-0.4, -0.2) is 41.4 Å². The molecule has 0 radical (unpaired) electrons. The van der Waals surface area contributed by atoms with E-state index >= 15 is 0 Å². The van der Waals surface area contributed by atoms with Crippen molar-refractivity contribution in [3.8, 4) is 0 Å². The second-order valence-electron chi connectivity index (χ2n) is 5.08. The summed E-state index contributed by atoms with van der Waals surface area (Å²) in [5.74, 6) is 0.0156. The van der Waals surface area contributed by atoms with E-state index in [-0.39, 0.29) is 21.6 Å². The Morgan fingerprint density at radius 2 is 1.52 bits per heavy atom. The van der Waals surface area contributed by atoms with E-state index in [1.165, 1.54) is 24.3 Å². The SMILES string of the molecule is CCCNC(CC)CS(=O)(=O)c1ccc(S(C)(=O)=O)cc1. The first-order valence-corrected chi connectivity index (χ1v) is 10.5. The van der Waals surface area contributed by atoms with Crippen molar-refractivity contribution in [3.05, 3.63) is 24.3 Å². The van der Waals surface area contributed by atoms with Gasteiger partial charge in [0.25, 0.3) is 0 Å². The fourth-order valence-corrected chi connectivity index (χ4v) is 4.18. The fourth-order valence-electron chi connectivity index (χ4n) is 1.92. The van der Waals surface area contributed by atoms with E-state index in [4.69, 9.17) is 0 Å². The Balaban J connectivity index is 2.92. The molecule has 1 aromatic carbocycles. The number of rotatable bonds is 8. The highest BCUT2D eigenvalue weighted by Gasteiger charge is 2.20. The molecule has 0 spiro atoms. The van der Waals surface area contributed by atoms with Gasteiger partial charge in [0.15, 0.2) is 19.7 Å². The van der Waals surface area contributed by atoms with E-state index in [2.05, 4.69) is 5.32 Å². The molecule has 0 aliphatic rings. The van der Waals surface area contributed by atoms with E-state index in [0.717, 1.165) is 25.6 Å². The first-order chi connectivity index (χ1) is 9.70. The average Bonchev–Trinajstić information content (AvgIpc) is 2.42. The van der Waals surface area contributed by atoms with E-state index in [9.17, 15) is 16.8 Å². The van der Waals surface area contributed by atoms with Crippen molar-refractivity contribution < 1.29 is 16.8 Å². The number of nitrogens with one attached hydrogen (secondary N) is 1. The lowest BCUT2D eigenvalue weighted by Gasteiger charge is -2.16. The van der Waals surface area contributed by atoms with Crippen molar-refractivity contribution >= 4 is 19.7 Å². The van der Waals surface area contributed by atoms with Crippen molar-refractivity contribution in [3.63, 3.8) is 0 Å². The number of sulfone groups is 2. The molecule has 0 saturated heterocycles. The summed E-state index contributed by atoms with van der Waals surface area (Å²) in [7, 11) is -6.73. The van der Waals surface area contributed by atoms with Gasteiger partial charge in [0.1, 0.15) is 0 Å². The Kier molecular flexibility index (Phi) is 6.37. The molecule has 0 heterocycles. The summed E-state index contributed by atoms with van der Waals surface area (Å²) in [4.78, 5) is 0.282. The molecule has 1 rings (SSSR count). The lowest BCUT2D eigenvalue weighted by atomic mass is 10.2. The smallest absolute Gasteiger partial charge is 0.179 e. The van der Waals surface area contributed by atoms with E-state index in [1.54, 1.807) is 0 Å². The molecule has 0 amide bonds. The lowest BCUT2D eigenvalue weighted by molar-refractivity contribution is 0.519. The van der Waals surface area contributed by atoms with Crippen molar-refractivity contribution in [2.75, 3.05) is 18.6 Å². The molecule has 0 aliphatic carbocycles. The highest BCUT2D eigenvalue weighted by molar-refractivity contribution is 7.91.